The number of halogens is 1. The number of carbonyl (C=O) groups excluding carboxylic acids is 1. The number of nitrogens with zero attached hydrogens (tertiary/aromatic N) is 3. The summed E-state index contributed by atoms with van der Waals surface area (Å²) >= 11 is 0. The van der Waals surface area contributed by atoms with Crippen LogP contribution in [0.5, 0.6) is 5.75 Å². The molecule has 2 unspecified atom stereocenters. The van der Waals surface area contributed by atoms with Crippen LogP contribution in [0.3, 0.4) is 0 Å². The number of aliphatic imine (C=N–C) groups is 1. The Labute approximate surface area is 216 Å². The highest BCUT2D eigenvalue weighted by Crippen LogP contribution is 2.31. The van der Waals surface area contributed by atoms with Crippen LogP contribution in [-0.4, -0.2) is 74.6 Å². The summed E-state index contributed by atoms with van der Waals surface area (Å²) in [7, 11) is 1.73. The van der Waals surface area contributed by atoms with Gasteiger partial charge in [0.1, 0.15) is 5.75 Å². The second kappa shape index (κ2) is 14.7. The molecule has 2 saturated heterocycles. The quantitative estimate of drug-likeness (QED) is 0.269. The van der Waals surface area contributed by atoms with Gasteiger partial charge < -0.3 is 20.3 Å². The lowest BCUT2D eigenvalue weighted by atomic mass is 10.00. The zero-order valence-electron chi connectivity index (χ0n) is 20.5. The van der Waals surface area contributed by atoms with E-state index in [-0.39, 0.29) is 35.9 Å². The van der Waals surface area contributed by atoms with Gasteiger partial charge in [-0.05, 0) is 57.7 Å². The highest BCUT2D eigenvalue weighted by Gasteiger charge is 2.26. The average Bonchev–Trinajstić information content (AvgIpc) is 3.34. The first kappa shape index (κ1) is 27.7. The number of para-hydroxylation sites is 1. The molecule has 2 N–H and O–H groups in total. The lowest BCUT2D eigenvalue weighted by Crippen LogP contribution is -2.42. The molecule has 2 atom stereocenters. The molecule has 1 amide bonds. The minimum Gasteiger partial charge on any atom is -0.496 e. The fourth-order valence-electron chi connectivity index (χ4n) is 4.79. The second-order valence-electron chi connectivity index (χ2n) is 8.98. The Morgan fingerprint density at radius 1 is 1.18 bits per heavy atom. The highest BCUT2D eigenvalue weighted by atomic mass is 127. The summed E-state index contributed by atoms with van der Waals surface area (Å²) in [5, 5.41) is 6.70. The molecular formula is C25H42IN5O2. The van der Waals surface area contributed by atoms with Crippen LogP contribution in [0.2, 0.25) is 0 Å². The first-order valence-corrected chi connectivity index (χ1v) is 12.3. The maximum atomic E-state index is 12.6. The number of likely N-dealkylation sites (tertiary alicyclic amines) is 2. The standard InChI is InChI=1S/C25H41N5O2.HI/c1-4-26-25(27-14-13-24(31)30-17-9-10-20(2)19-30)28-18-22(29-15-7-8-16-29)21-11-5-6-12-23(21)32-3;/h5-6,11-12,20,22H,4,7-10,13-19H2,1-3H3,(H2,26,27,28);1H. The van der Waals surface area contributed by atoms with E-state index in [0.29, 0.717) is 25.4 Å². The highest BCUT2D eigenvalue weighted by molar-refractivity contribution is 14.0. The summed E-state index contributed by atoms with van der Waals surface area (Å²) in [6.45, 7) is 10.3. The van der Waals surface area contributed by atoms with E-state index in [1.807, 2.05) is 17.0 Å². The number of guanidine groups is 1. The lowest BCUT2D eigenvalue weighted by molar-refractivity contribution is -0.132. The topological polar surface area (TPSA) is 69.2 Å². The van der Waals surface area contributed by atoms with E-state index in [4.69, 9.17) is 9.73 Å². The third kappa shape index (κ3) is 8.31. The van der Waals surface area contributed by atoms with Gasteiger partial charge >= 0.3 is 0 Å². The molecule has 2 aliphatic heterocycles. The van der Waals surface area contributed by atoms with Crippen molar-refractivity contribution in [1.29, 1.82) is 0 Å². The van der Waals surface area contributed by atoms with Crippen molar-refractivity contribution < 1.29 is 9.53 Å². The Kier molecular flexibility index (Phi) is 12.3. The monoisotopic (exact) mass is 571 g/mol. The van der Waals surface area contributed by atoms with Crippen molar-refractivity contribution in [2.45, 2.75) is 52.0 Å². The molecule has 0 aromatic heterocycles. The molecule has 1 aromatic rings. The molecule has 2 aliphatic rings. The molecule has 3 rings (SSSR count). The van der Waals surface area contributed by atoms with Crippen molar-refractivity contribution in [1.82, 2.24) is 20.4 Å². The van der Waals surface area contributed by atoms with Gasteiger partial charge in [0.25, 0.3) is 0 Å². The summed E-state index contributed by atoms with van der Waals surface area (Å²) in [5.74, 6) is 2.53. The van der Waals surface area contributed by atoms with Crippen LogP contribution in [0.15, 0.2) is 29.3 Å². The Morgan fingerprint density at radius 2 is 1.94 bits per heavy atom. The van der Waals surface area contributed by atoms with E-state index in [1.54, 1.807) is 7.11 Å². The summed E-state index contributed by atoms with van der Waals surface area (Å²) < 4.78 is 5.65. The molecule has 0 saturated carbocycles. The normalized spacial score (nSPS) is 20.2. The number of rotatable bonds is 9. The number of hydrogen-bond acceptors (Lipinski definition) is 4. The fourth-order valence-corrected chi connectivity index (χ4v) is 4.79. The Balaban J connectivity index is 0.00000385. The fraction of sp³-hybridized carbons (Fsp3) is 0.680. The predicted molar refractivity (Wildman–Crippen MR) is 146 cm³/mol. The van der Waals surface area contributed by atoms with Gasteiger partial charge in [0.2, 0.25) is 5.91 Å². The zero-order chi connectivity index (χ0) is 22.8. The Morgan fingerprint density at radius 3 is 2.64 bits per heavy atom. The molecular weight excluding hydrogens is 529 g/mol. The maximum Gasteiger partial charge on any atom is 0.224 e. The van der Waals surface area contributed by atoms with E-state index in [0.717, 1.165) is 50.9 Å². The SMILES string of the molecule is CCNC(=NCC(c1ccccc1OC)N1CCCC1)NCCC(=O)N1CCCC(C)C1.I. The summed E-state index contributed by atoms with van der Waals surface area (Å²) in [4.78, 5) is 22.0. The van der Waals surface area contributed by atoms with Gasteiger partial charge in [0, 0.05) is 38.2 Å². The Hall–Kier alpha value is -1.55. The lowest BCUT2D eigenvalue weighted by Gasteiger charge is -2.31. The van der Waals surface area contributed by atoms with Gasteiger partial charge in [-0.2, -0.15) is 0 Å². The van der Waals surface area contributed by atoms with Gasteiger partial charge in [-0.3, -0.25) is 14.7 Å². The van der Waals surface area contributed by atoms with E-state index in [2.05, 4.69) is 41.5 Å². The van der Waals surface area contributed by atoms with Crippen LogP contribution in [0.25, 0.3) is 0 Å². The zero-order valence-corrected chi connectivity index (χ0v) is 22.8. The van der Waals surface area contributed by atoms with Crippen LogP contribution >= 0.6 is 24.0 Å². The number of nitrogens with one attached hydrogen (secondary N) is 2. The minimum atomic E-state index is 0. The summed E-state index contributed by atoms with van der Waals surface area (Å²) in [6.07, 6.45) is 5.30. The van der Waals surface area contributed by atoms with Crippen LogP contribution < -0.4 is 15.4 Å². The first-order chi connectivity index (χ1) is 15.6. The second-order valence-corrected chi connectivity index (χ2v) is 8.98. The molecule has 0 radical (unpaired) electrons. The molecule has 7 nitrogen and oxygen atoms in total. The van der Waals surface area contributed by atoms with E-state index in [1.165, 1.54) is 24.8 Å². The molecule has 2 fully saturated rings. The summed E-state index contributed by atoms with van der Waals surface area (Å²) in [6, 6.07) is 8.44. The first-order valence-electron chi connectivity index (χ1n) is 12.3. The van der Waals surface area contributed by atoms with Gasteiger partial charge in [-0.1, -0.05) is 25.1 Å². The van der Waals surface area contributed by atoms with E-state index in [9.17, 15) is 4.79 Å². The number of carbonyl (C=O) groups is 1. The number of hydrogen-bond donors (Lipinski definition) is 2. The molecule has 33 heavy (non-hydrogen) atoms. The number of benzene rings is 1. The average molecular weight is 572 g/mol. The van der Waals surface area contributed by atoms with Crippen molar-refractivity contribution in [2.75, 3.05) is 52.9 Å². The van der Waals surface area contributed by atoms with Crippen molar-refractivity contribution >= 4 is 35.8 Å². The van der Waals surface area contributed by atoms with E-state index < -0.39 is 0 Å². The molecule has 0 bridgehead atoms. The minimum absolute atomic E-state index is 0. The Bertz CT molecular complexity index is 754. The van der Waals surface area contributed by atoms with Crippen molar-refractivity contribution in [3.8, 4) is 5.75 Å². The molecule has 0 aliphatic carbocycles. The molecule has 186 valence electrons. The van der Waals surface area contributed by atoms with Crippen LogP contribution in [0, 0.1) is 5.92 Å². The van der Waals surface area contributed by atoms with Gasteiger partial charge in [-0.15, -0.1) is 24.0 Å². The molecule has 2 heterocycles. The van der Waals surface area contributed by atoms with Gasteiger partial charge in [0.05, 0.1) is 19.7 Å². The van der Waals surface area contributed by atoms with Crippen LogP contribution in [0.4, 0.5) is 0 Å². The molecule has 8 heteroatoms. The van der Waals surface area contributed by atoms with Crippen LogP contribution in [-0.2, 0) is 4.79 Å². The number of piperidine rings is 1. The number of amides is 1. The van der Waals surface area contributed by atoms with Gasteiger partial charge in [0.15, 0.2) is 5.96 Å². The van der Waals surface area contributed by atoms with Gasteiger partial charge in [-0.25, -0.2) is 0 Å². The third-order valence-corrected chi connectivity index (χ3v) is 6.49. The third-order valence-electron chi connectivity index (χ3n) is 6.49. The largest absolute Gasteiger partial charge is 0.496 e. The molecule has 0 spiro atoms. The van der Waals surface area contributed by atoms with Crippen molar-refractivity contribution in [3.63, 3.8) is 0 Å². The predicted octanol–water partition coefficient (Wildman–Crippen LogP) is 3.65. The van der Waals surface area contributed by atoms with Crippen molar-refractivity contribution in [3.05, 3.63) is 29.8 Å². The number of methoxy groups -OCH3 is 1. The molecule has 1 aromatic carbocycles. The maximum absolute atomic E-state index is 12.6. The summed E-state index contributed by atoms with van der Waals surface area (Å²) in [5.41, 5.74) is 1.19. The smallest absolute Gasteiger partial charge is 0.224 e. The van der Waals surface area contributed by atoms with Crippen LogP contribution in [0.1, 0.15) is 57.6 Å². The number of ether oxygens (including phenoxy) is 1. The van der Waals surface area contributed by atoms with Crippen molar-refractivity contribution in [2.24, 2.45) is 10.9 Å². The van der Waals surface area contributed by atoms with E-state index >= 15 is 0 Å².